The number of rotatable bonds is 2. The first-order chi connectivity index (χ1) is 6.07. The van der Waals surface area contributed by atoms with E-state index in [9.17, 15) is 8.78 Å². The van der Waals surface area contributed by atoms with Crippen molar-refractivity contribution in [3.8, 4) is 0 Å². The lowest BCUT2D eigenvalue weighted by Gasteiger charge is -2.08. The Morgan fingerprint density at radius 1 is 1.62 bits per heavy atom. The molecule has 0 aromatic carbocycles. The molecule has 1 rings (SSSR count). The minimum absolute atomic E-state index is 0.0347. The van der Waals surface area contributed by atoms with E-state index in [2.05, 4.69) is 20.9 Å². The van der Waals surface area contributed by atoms with Gasteiger partial charge in [-0.1, -0.05) is 11.6 Å². The van der Waals surface area contributed by atoms with Gasteiger partial charge in [0.15, 0.2) is 0 Å². The first-order valence-corrected chi connectivity index (χ1v) is 4.46. The molecule has 0 amide bonds. The molecule has 0 aliphatic rings. The number of aromatic nitrogens is 1. The highest BCUT2D eigenvalue weighted by Crippen LogP contribution is 2.34. The molecule has 1 aromatic rings. The van der Waals surface area contributed by atoms with Crippen molar-refractivity contribution in [1.82, 2.24) is 4.98 Å². The third-order valence-corrected chi connectivity index (χ3v) is 2.80. The van der Waals surface area contributed by atoms with E-state index in [1.54, 1.807) is 0 Å². The van der Waals surface area contributed by atoms with Crippen LogP contribution in [0.5, 0.6) is 0 Å². The molecule has 1 N–H and O–H groups in total. The molecule has 0 spiro atoms. The number of aliphatic hydroxyl groups is 1. The van der Waals surface area contributed by atoms with Gasteiger partial charge in [-0.3, -0.25) is 0 Å². The normalized spacial score (nSPS) is 10.9. The number of hydrogen-bond acceptors (Lipinski definition) is 2. The number of aliphatic hydroxyl groups excluding tert-OH is 1. The molecule has 0 unspecified atom stereocenters. The van der Waals surface area contributed by atoms with Gasteiger partial charge in [-0.15, -0.1) is 0 Å². The zero-order valence-corrected chi connectivity index (χ0v) is 8.61. The average Bonchev–Trinajstić information content (AvgIpc) is 2.08. The highest BCUT2D eigenvalue weighted by atomic mass is 79.9. The second kappa shape index (κ2) is 4.30. The van der Waals surface area contributed by atoms with Crippen LogP contribution in [0.3, 0.4) is 0 Å². The molecule has 6 heteroatoms. The van der Waals surface area contributed by atoms with E-state index in [1.165, 1.54) is 0 Å². The summed E-state index contributed by atoms with van der Waals surface area (Å²) in [5, 5.41) is 8.71. The summed E-state index contributed by atoms with van der Waals surface area (Å²) < 4.78 is 24.9. The molecule has 13 heavy (non-hydrogen) atoms. The summed E-state index contributed by atoms with van der Waals surface area (Å²) >= 11 is 8.40. The fourth-order valence-electron chi connectivity index (χ4n) is 0.875. The predicted octanol–water partition coefficient (Wildman–Crippen LogP) is 2.93. The van der Waals surface area contributed by atoms with Crippen LogP contribution >= 0.6 is 27.5 Å². The van der Waals surface area contributed by atoms with Crippen LogP contribution in [0.15, 0.2) is 10.7 Å². The topological polar surface area (TPSA) is 33.1 Å². The maximum Gasteiger partial charge on any atom is 0.265 e. The molecular formula is C7H5BrClF2NO. The largest absolute Gasteiger partial charge is 0.392 e. The van der Waals surface area contributed by atoms with Gasteiger partial charge in [-0.2, -0.15) is 0 Å². The van der Waals surface area contributed by atoms with Crippen LogP contribution in [0.1, 0.15) is 17.6 Å². The first-order valence-electron chi connectivity index (χ1n) is 3.29. The van der Waals surface area contributed by atoms with Gasteiger partial charge in [-0.25, -0.2) is 13.8 Å². The summed E-state index contributed by atoms with van der Waals surface area (Å²) in [5.41, 5.74) is -0.228. The number of halogens is 4. The van der Waals surface area contributed by atoms with Gasteiger partial charge >= 0.3 is 0 Å². The highest BCUT2D eigenvalue weighted by Gasteiger charge is 2.19. The lowest BCUT2D eigenvalue weighted by atomic mass is 10.1. The van der Waals surface area contributed by atoms with Crippen LogP contribution in [0, 0.1) is 0 Å². The summed E-state index contributed by atoms with van der Waals surface area (Å²) in [4.78, 5) is 3.62. The number of nitrogens with zero attached hydrogens (tertiary/aromatic N) is 1. The predicted molar refractivity (Wildman–Crippen MR) is 47.8 cm³/mol. The minimum Gasteiger partial charge on any atom is -0.392 e. The van der Waals surface area contributed by atoms with Gasteiger partial charge in [0.1, 0.15) is 5.15 Å². The third-order valence-electron chi connectivity index (χ3n) is 1.49. The Morgan fingerprint density at radius 3 is 2.69 bits per heavy atom. The summed E-state index contributed by atoms with van der Waals surface area (Å²) in [6, 6.07) is 0. The van der Waals surface area contributed by atoms with Crippen molar-refractivity contribution in [2.75, 3.05) is 0 Å². The van der Waals surface area contributed by atoms with Gasteiger partial charge in [0, 0.05) is 17.3 Å². The Balaban J connectivity index is 3.32. The molecular weight excluding hydrogens is 267 g/mol. The molecule has 0 aliphatic heterocycles. The van der Waals surface area contributed by atoms with Crippen molar-refractivity contribution in [2.24, 2.45) is 0 Å². The van der Waals surface area contributed by atoms with Crippen LogP contribution in [-0.2, 0) is 6.61 Å². The summed E-state index contributed by atoms with van der Waals surface area (Å²) in [6.07, 6.45) is -1.55. The molecule has 0 atom stereocenters. The molecule has 0 saturated carbocycles. The highest BCUT2D eigenvalue weighted by molar-refractivity contribution is 9.10. The van der Waals surface area contributed by atoms with E-state index in [4.69, 9.17) is 16.7 Å². The zero-order valence-electron chi connectivity index (χ0n) is 6.27. The van der Waals surface area contributed by atoms with Crippen molar-refractivity contribution < 1.29 is 13.9 Å². The molecule has 0 fully saturated rings. The van der Waals surface area contributed by atoms with E-state index >= 15 is 0 Å². The van der Waals surface area contributed by atoms with Gasteiger partial charge in [0.05, 0.1) is 11.1 Å². The monoisotopic (exact) mass is 271 g/mol. The van der Waals surface area contributed by atoms with Crippen molar-refractivity contribution in [3.05, 3.63) is 26.9 Å². The smallest absolute Gasteiger partial charge is 0.265 e. The van der Waals surface area contributed by atoms with Gasteiger partial charge in [0.2, 0.25) is 0 Å². The van der Waals surface area contributed by atoms with E-state index in [-0.39, 0.29) is 20.8 Å². The van der Waals surface area contributed by atoms with Crippen molar-refractivity contribution in [3.63, 3.8) is 0 Å². The summed E-state index contributed by atoms with van der Waals surface area (Å²) in [6.45, 7) is -0.484. The molecule has 72 valence electrons. The van der Waals surface area contributed by atoms with Crippen LogP contribution < -0.4 is 0 Å². The minimum atomic E-state index is -2.68. The number of alkyl halides is 2. The first kappa shape index (κ1) is 10.8. The van der Waals surface area contributed by atoms with Gasteiger partial charge in [-0.05, 0) is 15.9 Å². The Morgan fingerprint density at radius 2 is 2.23 bits per heavy atom. The van der Waals surface area contributed by atoms with Crippen molar-refractivity contribution in [1.29, 1.82) is 0 Å². The van der Waals surface area contributed by atoms with E-state index in [0.717, 1.165) is 6.20 Å². The molecule has 1 heterocycles. The molecule has 0 saturated heterocycles. The lowest BCUT2D eigenvalue weighted by molar-refractivity contribution is 0.146. The molecule has 1 aromatic heterocycles. The van der Waals surface area contributed by atoms with Gasteiger partial charge in [0.25, 0.3) is 6.43 Å². The molecule has 2 nitrogen and oxygen atoms in total. The van der Waals surface area contributed by atoms with Crippen LogP contribution in [0.4, 0.5) is 8.78 Å². The van der Waals surface area contributed by atoms with Crippen LogP contribution in [0.25, 0.3) is 0 Å². The number of pyridine rings is 1. The maximum absolute atomic E-state index is 12.4. The second-order valence-electron chi connectivity index (χ2n) is 2.26. The summed E-state index contributed by atoms with van der Waals surface area (Å²) in [5.74, 6) is 0. The van der Waals surface area contributed by atoms with Crippen LogP contribution in [-0.4, -0.2) is 10.1 Å². The molecule has 0 bridgehead atoms. The Labute approximate surface area is 86.7 Å². The zero-order chi connectivity index (χ0) is 10.0. The van der Waals surface area contributed by atoms with E-state index in [0.29, 0.717) is 0 Å². The quantitative estimate of drug-likeness (QED) is 0.840. The fraction of sp³-hybridized carbons (Fsp3) is 0.286. The van der Waals surface area contributed by atoms with E-state index in [1.807, 2.05) is 0 Å². The maximum atomic E-state index is 12.4. The second-order valence-corrected chi connectivity index (χ2v) is 3.41. The van der Waals surface area contributed by atoms with Crippen molar-refractivity contribution in [2.45, 2.75) is 13.0 Å². The Bertz CT molecular complexity index is 322. The Hall–Kier alpha value is -0.260. The standard InChI is InChI=1S/C7H5BrClF2NO/c8-5-4(7(10)11)3(2-13)1-12-6(5)9/h1,7,13H,2H2. The van der Waals surface area contributed by atoms with Crippen molar-refractivity contribution >= 4 is 27.5 Å². The van der Waals surface area contributed by atoms with Gasteiger partial charge < -0.3 is 5.11 Å². The fourth-order valence-corrected chi connectivity index (χ4v) is 1.56. The SMILES string of the molecule is OCc1cnc(Cl)c(Br)c1C(F)F. The number of hydrogen-bond donors (Lipinski definition) is 1. The Kier molecular flexibility index (Phi) is 3.58. The average molecular weight is 272 g/mol. The molecule has 0 aliphatic carbocycles. The van der Waals surface area contributed by atoms with E-state index < -0.39 is 13.0 Å². The molecule has 0 radical (unpaired) electrons. The van der Waals surface area contributed by atoms with Crippen LogP contribution in [0.2, 0.25) is 5.15 Å². The summed E-state index contributed by atoms with van der Waals surface area (Å²) in [7, 11) is 0. The third kappa shape index (κ3) is 2.15. The lowest BCUT2D eigenvalue weighted by Crippen LogP contribution is -1.98.